The van der Waals surface area contributed by atoms with Crippen molar-refractivity contribution in [3.63, 3.8) is 0 Å². The molecule has 106 valence electrons. The van der Waals surface area contributed by atoms with Crippen LogP contribution in [0, 0.1) is 6.92 Å². The number of aliphatic carboxylic acids is 1. The third-order valence-corrected chi connectivity index (χ3v) is 2.98. The quantitative estimate of drug-likeness (QED) is 0.648. The topological polar surface area (TPSA) is 76.7 Å². The van der Waals surface area contributed by atoms with Gasteiger partial charge in [-0.05, 0) is 37.5 Å². The van der Waals surface area contributed by atoms with Gasteiger partial charge in [-0.2, -0.15) is 0 Å². The molecular formula is C15H16O5. The van der Waals surface area contributed by atoms with E-state index in [0.29, 0.717) is 30.8 Å². The molecule has 0 amide bonds. The highest BCUT2D eigenvalue weighted by atomic mass is 16.5. The fourth-order valence-corrected chi connectivity index (χ4v) is 1.96. The fraction of sp³-hybridized carbons (Fsp3) is 0.333. The maximum absolute atomic E-state index is 11.3. The monoisotopic (exact) mass is 276 g/mol. The molecule has 2 rings (SSSR count). The van der Waals surface area contributed by atoms with Gasteiger partial charge in [-0.15, -0.1) is 0 Å². The number of aryl methyl sites for hydroxylation is 1. The summed E-state index contributed by atoms with van der Waals surface area (Å²) in [5.74, 6) is -0.186. The number of ether oxygens (including phenoxy) is 1. The van der Waals surface area contributed by atoms with E-state index in [1.165, 1.54) is 6.07 Å². The summed E-state index contributed by atoms with van der Waals surface area (Å²) in [6, 6.07) is 6.79. The first-order chi connectivity index (χ1) is 9.56. The molecule has 1 heterocycles. The van der Waals surface area contributed by atoms with Gasteiger partial charge in [0, 0.05) is 23.9 Å². The van der Waals surface area contributed by atoms with Crippen molar-refractivity contribution in [3.8, 4) is 5.75 Å². The van der Waals surface area contributed by atoms with Crippen LogP contribution in [-0.4, -0.2) is 17.7 Å². The number of unbranched alkanes of at least 4 members (excludes halogenated alkanes) is 1. The van der Waals surface area contributed by atoms with Crippen LogP contribution in [0.4, 0.5) is 0 Å². The summed E-state index contributed by atoms with van der Waals surface area (Å²) in [6.45, 7) is 2.29. The van der Waals surface area contributed by atoms with Crippen LogP contribution >= 0.6 is 0 Å². The molecule has 0 saturated heterocycles. The Bertz CT molecular complexity index is 672. The Morgan fingerprint density at radius 2 is 2.10 bits per heavy atom. The predicted molar refractivity (Wildman–Crippen MR) is 74.2 cm³/mol. The molecule has 20 heavy (non-hydrogen) atoms. The van der Waals surface area contributed by atoms with Crippen LogP contribution in [-0.2, 0) is 4.79 Å². The average molecular weight is 276 g/mol. The van der Waals surface area contributed by atoms with Crippen LogP contribution in [0.5, 0.6) is 5.75 Å². The molecule has 1 N–H and O–H groups in total. The van der Waals surface area contributed by atoms with Crippen molar-refractivity contribution in [2.75, 3.05) is 6.61 Å². The van der Waals surface area contributed by atoms with Gasteiger partial charge in [-0.1, -0.05) is 0 Å². The molecule has 5 nitrogen and oxygen atoms in total. The van der Waals surface area contributed by atoms with Crippen LogP contribution in [0.25, 0.3) is 11.0 Å². The first-order valence-electron chi connectivity index (χ1n) is 6.45. The fourth-order valence-electron chi connectivity index (χ4n) is 1.96. The van der Waals surface area contributed by atoms with Crippen LogP contribution in [0.15, 0.2) is 33.5 Å². The number of hydrogen-bond acceptors (Lipinski definition) is 4. The van der Waals surface area contributed by atoms with Crippen LogP contribution in [0.3, 0.4) is 0 Å². The number of hydrogen-bond donors (Lipinski definition) is 1. The minimum absolute atomic E-state index is 0.148. The van der Waals surface area contributed by atoms with Crippen molar-refractivity contribution < 1.29 is 19.1 Å². The van der Waals surface area contributed by atoms with E-state index in [2.05, 4.69) is 0 Å². The van der Waals surface area contributed by atoms with Crippen molar-refractivity contribution in [2.24, 2.45) is 0 Å². The van der Waals surface area contributed by atoms with Gasteiger partial charge in [0.25, 0.3) is 0 Å². The molecule has 2 aromatic rings. The van der Waals surface area contributed by atoms with E-state index in [-0.39, 0.29) is 12.0 Å². The van der Waals surface area contributed by atoms with Gasteiger partial charge >= 0.3 is 11.6 Å². The second-order valence-corrected chi connectivity index (χ2v) is 4.61. The number of benzene rings is 1. The Labute approximate surface area is 115 Å². The van der Waals surface area contributed by atoms with Gasteiger partial charge in [-0.3, -0.25) is 4.79 Å². The summed E-state index contributed by atoms with van der Waals surface area (Å²) in [6.07, 6.45) is 1.40. The lowest BCUT2D eigenvalue weighted by Crippen LogP contribution is -2.01. The van der Waals surface area contributed by atoms with Crippen molar-refractivity contribution in [2.45, 2.75) is 26.2 Å². The second kappa shape index (κ2) is 6.23. The number of fused-ring (bicyclic) bond motifs is 1. The van der Waals surface area contributed by atoms with E-state index in [0.717, 1.165) is 10.9 Å². The van der Waals surface area contributed by atoms with Crippen molar-refractivity contribution in [3.05, 3.63) is 40.2 Å². The summed E-state index contributed by atoms with van der Waals surface area (Å²) in [4.78, 5) is 21.7. The molecule has 0 unspecified atom stereocenters. The summed E-state index contributed by atoms with van der Waals surface area (Å²) < 4.78 is 10.6. The molecule has 0 atom stereocenters. The summed E-state index contributed by atoms with van der Waals surface area (Å²) >= 11 is 0. The van der Waals surface area contributed by atoms with Crippen LogP contribution in [0.2, 0.25) is 0 Å². The van der Waals surface area contributed by atoms with E-state index in [4.69, 9.17) is 14.3 Å². The van der Waals surface area contributed by atoms with Gasteiger partial charge in [0.15, 0.2) is 0 Å². The maximum Gasteiger partial charge on any atom is 0.336 e. The molecule has 1 aromatic carbocycles. The van der Waals surface area contributed by atoms with Crippen molar-refractivity contribution >= 4 is 16.9 Å². The summed E-state index contributed by atoms with van der Waals surface area (Å²) in [7, 11) is 0. The first kappa shape index (κ1) is 14.1. The highest BCUT2D eigenvalue weighted by molar-refractivity contribution is 5.81. The summed E-state index contributed by atoms with van der Waals surface area (Å²) in [5.41, 5.74) is 0.982. The average Bonchev–Trinajstić information content (AvgIpc) is 2.37. The van der Waals surface area contributed by atoms with Crippen molar-refractivity contribution in [1.29, 1.82) is 0 Å². The minimum Gasteiger partial charge on any atom is -0.493 e. The number of carbonyl (C=O) groups is 1. The zero-order chi connectivity index (χ0) is 14.5. The lowest BCUT2D eigenvalue weighted by molar-refractivity contribution is -0.137. The van der Waals surface area contributed by atoms with Gasteiger partial charge in [-0.25, -0.2) is 4.79 Å². The molecule has 0 spiro atoms. The molecule has 0 aliphatic heterocycles. The van der Waals surface area contributed by atoms with Crippen LogP contribution < -0.4 is 10.4 Å². The molecule has 0 fully saturated rings. The normalized spacial score (nSPS) is 10.7. The number of carboxylic acid groups (broad SMARTS) is 1. The number of carboxylic acids is 1. The van der Waals surface area contributed by atoms with E-state index in [9.17, 15) is 9.59 Å². The third-order valence-electron chi connectivity index (χ3n) is 2.98. The maximum atomic E-state index is 11.3. The van der Waals surface area contributed by atoms with Gasteiger partial charge in [0.1, 0.15) is 11.3 Å². The highest BCUT2D eigenvalue weighted by Gasteiger charge is 2.04. The first-order valence-corrected chi connectivity index (χ1v) is 6.45. The molecule has 1 aromatic heterocycles. The Morgan fingerprint density at radius 1 is 1.30 bits per heavy atom. The minimum atomic E-state index is -0.798. The molecule has 0 radical (unpaired) electrons. The lowest BCUT2D eigenvalue weighted by atomic mass is 10.1. The molecule has 5 heteroatoms. The Balaban J connectivity index is 2.01. The third kappa shape index (κ3) is 3.60. The zero-order valence-corrected chi connectivity index (χ0v) is 11.2. The Kier molecular flexibility index (Phi) is 4.40. The molecular weight excluding hydrogens is 260 g/mol. The molecule has 0 bridgehead atoms. The second-order valence-electron chi connectivity index (χ2n) is 4.61. The highest BCUT2D eigenvalue weighted by Crippen LogP contribution is 2.22. The van der Waals surface area contributed by atoms with Gasteiger partial charge < -0.3 is 14.3 Å². The molecule has 0 aliphatic rings. The lowest BCUT2D eigenvalue weighted by Gasteiger charge is -2.07. The van der Waals surface area contributed by atoms with E-state index >= 15 is 0 Å². The Morgan fingerprint density at radius 3 is 2.85 bits per heavy atom. The van der Waals surface area contributed by atoms with E-state index in [1.807, 2.05) is 19.1 Å². The Hall–Kier alpha value is -2.30. The number of rotatable bonds is 6. The SMILES string of the molecule is Cc1cc(=O)oc2cc(OCCCCC(=O)O)ccc12. The van der Waals surface area contributed by atoms with E-state index < -0.39 is 5.97 Å². The van der Waals surface area contributed by atoms with Crippen LogP contribution in [0.1, 0.15) is 24.8 Å². The van der Waals surface area contributed by atoms with Gasteiger partial charge in [0.05, 0.1) is 6.61 Å². The predicted octanol–water partition coefficient (Wildman–Crippen LogP) is 2.74. The largest absolute Gasteiger partial charge is 0.493 e. The van der Waals surface area contributed by atoms with Crippen molar-refractivity contribution in [1.82, 2.24) is 0 Å². The smallest absolute Gasteiger partial charge is 0.336 e. The van der Waals surface area contributed by atoms with E-state index in [1.54, 1.807) is 6.07 Å². The zero-order valence-electron chi connectivity index (χ0n) is 11.2. The standard InChI is InChI=1S/C15H16O5/c1-10-8-15(18)20-13-9-11(5-6-12(10)13)19-7-3-2-4-14(16)17/h5-6,8-9H,2-4,7H2,1H3,(H,16,17). The molecule has 0 saturated carbocycles. The summed E-state index contributed by atoms with van der Waals surface area (Å²) in [5, 5.41) is 9.39. The molecule has 0 aliphatic carbocycles. The van der Waals surface area contributed by atoms with Gasteiger partial charge in [0.2, 0.25) is 0 Å².